The lowest BCUT2D eigenvalue weighted by Crippen LogP contribution is -2.32. The molecule has 3 aromatic rings. The van der Waals surface area contributed by atoms with Gasteiger partial charge in [-0.25, -0.2) is 4.39 Å². The second kappa shape index (κ2) is 6.23. The van der Waals surface area contributed by atoms with E-state index in [-0.39, 0.29) is 35.4 Å². The zero-order chi connectivity index (χ0) is 18.4. The third-order valence-corrected chi connectivity index (χ3v) is 4.67. The summed E-state index contributed by atoms with van der Waals surface area (Å²) in [7, 11) is 0. The minimum atomic E-state index is -0.833. The molecule has 26 heavy (non-hydrogen) atoms. The Balaban J connectivity index is 2.03. The summed E-state index contributed by atoms with van der Waals surface area (Å²) in [5.74, 6) is -1.09. The number of aliphatic hydroxyl groups is 1. The number of aliphatic hydroxyl groups excluding tert-OH is 1. The molecule has 2 heterocycles. The van der Waals surface area contributed by atoms with Crippen LogP contribution in [0, 0.1) is 5.82 Å². The van der Waals surface area contributed by atoms with Gasteiger partial charge >= 0.3 is 0 Å². The molecule has 0 saturated carbocycles. The van der Waals surface area contributed by atoms with Gasteiger partial charge in [0.05, 0.1) is 23.6 Å². The van der Waals surface area contributed by atoms with Crippen molar-refractivity contribution >= 4 is 28.5 Å². The largest absolute Gasteiger partial charge is 0.450 e. The molecule has 0 aliphatic carbocycles. The van der Waals surface area contributed by atoms with Crippen LogP contribution in [-0.4, -0.2) is 29.1 Å². The summed E-state index contributed by atoms with van der Waals surface area (Å²) in [6, 6.07) is 9.41. The first-order chi connectivity index (χ1) is 12.5. The number of halogens is 2. The summed E-state index contributed by atoms with van der Waals surface area (Å²) in [5, 5.41) is 9.95. The van der Waals surface area contributed by atoms with E-state index in [0.29, 0.717) is 10.6 Å². The molecule has 1 amide bonds. The molecule has 0 fully saturated rings. The zero-order valence-corrected chi connectivity index (χ0v) is 14.2. The maximum Gasteiger partial charge on any atom is 0.290 e. The van der Waals surface area contributed by atoms with E-state index in [2.05, 4.69) is 0 Å². The van der Waals surface area contributed by atoms with Crippen LogP contribution in [0.1, 0.15) is 27.7 Å². The summed E-state index contributed by atoms with van der Waals surface area (Å²) in [6.45, 7) is -0.314. The molecule has 0 bridgehead atoms. The van der Waals surface area contributed by atoms with Crippen LogP contribution in [0.3, 0.4) is 0 Å². The van der Waals surface area contributed by atoms with Crippen LogP contribution in [0.5, 0.6) is 0 Å². The van der Waals surface area contributed by atoms with Gasteiger partial charge in [-0.2, -0.15) is 0 Å². The Morgan fingerprint density at radius 2 is 2.00 bits per heavy atom. The quantitative estimate of drug-likeness (QED) is 0.765. The predicted molar refractivity (Wildman–Crippen MR) is 93.9 cm³/mol. The van der Waals surface area contributed by atoms with Crippen LogP contribution in [0.2, 0.25) is 5.02 Å². The molecule has 1 aromatic heterocycles. The standard InChI is InChI=1S/C19H13ClFNO4/c20-11-4-5-14-13(9-11)17(24)15-16(10-2-1-3-12(21)8-10)22(6-7-23)19(25)18(15)26-14/h1-5,8-9,16,23H,6-7H2. The van der Waals surface area contributed by atoms with Crippen molar-refractivity contribution in [3.05, 3.63) is 80.4 Å². The highest BCUT2D eigenvalue weighted by Crippen LogP contribution is 2.38. The van der Waals surface area contributed by atoms with Crippen molar-refractivity contribution in [1.82, 2.24) is 4.90 Å². The Labute approximate surface area is 152 Å². The summed E-state index contributed by atoms with van der Waals surface area (Å²) in [4.78, 5) is 27.2. The van der Waals surface area contributed by atoms with Crippen molar-refractivity contribution in [3.63, 3.8) is 0 Å². The summed E-state index contributed by atoms with van der Waals surface area (Å²) >= 11 is 5.98. The maximum atomic E-state index is 13.7. The monoisotopic (exact) mass is 373 g/mol. The zero-order valence-electron chi connectivity index (χ0n) is 13.4. The van der Waals surface area contributed by atoms with Gasteiger partial charge in [0.25, 0.3) is 5.91 Å². The van der Waals surface area contributed by atoms with Gasteiger partial charge in [-0.15, -0.1) is 0 Å². The van der Waals surface area contributed by atoms with Gasteiger partial charge in [-0.1, -0.05) is 23.7 Å². The van der Waals surface area contributed by atoms with E-state index in [9.17, 15) is 19.1 Å². The Morgan fingerprint density at radius 3 is 2.73 bits per heavy atom. The summed E-state index contributed by atoms with van der Waals surface area (Å²) < 4.78 is 19.4. The van der Waals surface area contributed by atoms with Gasteiger partial charge < -0.3 is 14.4 Å². The molecular formula is C19H13ClFNO4. The lowest BCUT2D eigenvalue weighted by atomic mass is 9.98. The second-order valence-electron chi connectivity index (χ2n) is 5.99. The van der Waals surface area contributed by atoms with Crippen molar-refractivity contribution in [3.8, 4) is 0 Å². The number of benzene rings is 2. The van der Waals surface area contributed by atoms with Crippen LogP contribution >= 0.6 is 11.6 Å². The van der Waals surface area contributed by atoms with Gasteiger partial charge in [0, 0.05) is 11.6 Å². The van der Waals surface area contributed by atoms with E-state index in [1.807, 2.05) is 0 Å². The van der Waals surface area contributed by atoms with Crippen LogP contribution in [0.15, 0.2) is 51.7 Å². The fourth-order valence-corrected chi connectivity index (χ4v) is 3.53. The number of rotatable bonds is 3. The Bertz CT molecular complexity index is 1090. The Kier molecular flexibility index (Phi) is 4.01. The predicted octanol–water partition coefficient (Wildman–Crippen LogP) is 3.12. The van der Waals surface area contributed by atoms with E-state index >= 15 is 0 Å². The highest BCUT2D eigenvalue weighted by molar-refractivity contribution is 6.31. The van der Waals surface area contributed by atoms with E-state index in [1.165, 1.54) is 35.2 Å². The molecule has 1 aliphatic heterocycles. The molecular weight excluding hydrogens is 361 g/mol. The van der Waals surface area contributed by atoms with Crippen LogP contribution < -0.4 is 5.43 Å². The minimum absolute atomic E-state index is 0.0131. The van der Waals surface area contributed by atoms with Gasteiger partial charge in [0.2, 0.25) is 5.76 Å². The lowest BCUT2D eigenvalue weighted by Gasteiger charge is -2.24. The third-order valence-electron chi connectivity index (χ3n) is 4.43. The highest BCUT2D eigenvalue weighted by atomic mass is 35.5. The minimum Gasteiger partial charge on any atom is -0.450 e. The third kappa shape index (κ3) is 2.50. The number of hydrogen-bond donors (Lipinski definition) is 1. The van der Waals surface area contributed by atoms with Crippen molar-refractivity contribution in [2.45, 2.75) is 6.04 Å². The normalized spacial score (nSPS) is 16.3. The molecule has 5 nitrogen and oxygen atoms in total. The Hall–Kier alpha value is -2.70. The molecule has 2 aromatic carbocycles. The first kappa shape index (κ1) is 16.8. The molecule has 4 rings (SSSR count). The smallest absolute Gasteiger partial charge is 0.290 e. The number of β-amino-alcohol motifs (C(OH)–C–C–N with tert-alkyl or cyclic N) is 1. The molecule has 132 valence electrons. The fraction of sp³-hybridized carbons (Fsp3) is 0.158. The van der Waals surface area contributed by atoms with Gasteiger partial charge in [-0.05, 0) is 35.9 Å². The van der Waals surface area contributed by atoms with E-state index < -0.39 is 23.2 Å². The molecule has 1 aliphatic rings. The van der Waals surface area contributed by atoms with Crippen molar-refractivity contribution in [2.24, 2.45) is 0 Å². The number of carbonyl (C=O) groups is 1. The number of nitrogens with zero attached hydrogens (tertiary/aromatic N) is 1. The van der Waals surface area contributed by atoms with Crippen molar-refractivity contribution in [1.29, 1.82) is 0 Å². The van der Waals surface area contributed by atoms with Gasteiger partial charge in [0.1, 0.15) is 11.4 Å². The topological polar surface area (TPSA) is 70.8 Å². The van der Waals surface area contributed by atoms with Crippen LogP contribution in [-0.2, 0) is 0 Å². The lowest BCUT2D eigenvalue weighted by molar-refractivity contribution is 0.0691. The Morgan fingerprint density at radius 1 is 1.19 bits per heavy atom. The van der Waals surface area contributed by atoms with Crippen LogP contribution in [0.25, 0.3) is 11.0 Å². The SMILES string of the molecule is O=C1c2oc3ccc(Cl)cc3c(=O)c2C(c2cccc(F)c2)N1CCO. The molecule has 0 spiro atoms. The van der Waals surface area contributed by atoms with E-state index in [4.69, 9.17) is 16.0 Å². The molecule has 1 unspecified atom stereocenters. The number of carbonyl (C=O) groups excluding carboxylic acids is 1. The summed E-state index contributed by atoms with van der Waals surface area (Å²) in [6.07, 6.45) is 0. The molecule has 1 N–H and O–H groups in total. The van der Waals surface area contributed by atoms with E-state index in [0.717, 1.165) is 0 Å². The number of amides is 1. The molecule has 1 atom stereocenters. The van der Waals surface area contributed by atoms with Gasteiger partial charge in [-0.3, -0.25) is 9.59 Å². The van der Waals surface area contributed by atoms with E-state index in [1.54, 1.807) is 12.1 Å². The average Bonchev–Trinajstić information content (AvgIpc) is 2.89. The maximum absolute atomic E-state index is 13.7. The molecule has 0 radical (unpaired) electrons. The first-order valence-corrected chi connectivity index (χ1v) is 8.32. The first-order valence-electron chi connectivity index (χ1n) is 7.95. The number of fused-ring (bicyclic) bond motifs is 2. The average molecular weight is 374 g/mol. The number of hydrogen-bond acceptors (Lipinski definition) is 4. The van der Waals surface area contributed by atoms with Crippen molar-refractivity contribution in [2.75, 3.05) is 13.2 Å². The summed E-state index contributed by atoms with van der Waals surface area (Å²) in [5.41, 5.74) is 0.408. The molecule has 0 saturated heterocycles. The van der Waals surface area contributed by atoms with Crippen molar-refractivity contribution < 1.29 is 18.7 Å². The highest BCUT2D eigenvalue weighted by Gasteiger charge is 2.42. The fourth-order valence-electron chi connectivity index (χ4n) is 3.35. The van der Waals surface area contributed by atoms with Gasteiger partial charge in [0.15, 0.2) is 5.43 Å². The molecule has 7 heteroatoms. The second-order valence-corrected chi connectivity index (χ2v) is 6.43. The van der Waals surface area contributed by atoms with Crippen LogP contribution in [0.4, 0.5) is 4.39 Å².